The van der Waals surface area contributed by atoms with Crippen LogP contribution in [0.15, 0.2) is 52.5 Å². The molecule has 9 nitrogen and oxygen atoms in total. The maximum Gasteiger partial charge on any atom is 0.253 e. The standard InChI is InChI=1S/C29H25BrCl2N2O7/c1-33-26(38)28(31)12-18-16(8-9-17-21(18)25(37)34(24(17)36)14-6-4-13(30)5-7-14)23(29(28,32)27(33)39)22-19(40-2)10-15(35)11-20(22)41-3/h4-8,10-11,17-18,21,23,35H,9,12H2,1-3H3. The molecule has 1 saturated carbocycles. The van der Waals surface area contributed by atoms with Crippen LogP contribution in [0.3, 0.4) is 0 Å². The molecule has 41 heavy (non-hydrogen) atoms. The van der Waals surface area contributed by atoms with Gasteiger partial charge in [0, 0.05) is 35.1 Å². The topological polar surface area (TPSA) is 113 Å². The van der Waals surface area contributed by atoms with E-state index < -0.39 is 51.1 Å². The van der Waals surface area contributed by atoms with Crippen molar-refractivity contribution in [2.45, 2.75) is 28.5 Å². The number of likely N-dealkylation sites (tertiary alicyclic amines) is 1. The van der Waals surface area contributed by atoms with Crippen molar-refractivity contribution in [1.29, 1.82) is 0 Å². The third-order valence-corrected chi connectivity index (χ3v) is 10.9. The van der Waals surface area contributed by atoms with E-state index in [4.69, 9.17) is 32.7 Å². The number of rotatable bonds is 4. The molecule has 0 radical (unpaired) electrons. The van der Waals surface area contributed by atoms with Crippen LogP contribution >= 0.6 is 39.1 Å². The molecule has 4 aliphatic rings. The number of anilines is 1. The molecule has 2 saturated heterocycles. The van der Waals surface area contributed by atoms with Gasteiger partial charge in [-0.25, -0.2) is 0 Å². The molecule has 6 unspecified atom stereocenters. The van der Waals surface area contributed by atoms with Gasteiger partial charge in [-0.3, -0.25) is 29.0 Å². The van der Waals surface area contributed by atoms with Gasteiger partial charge in [0.2, 0.25) is 11.8 Å². The third-order valence-electron chi connectivity index (χ3n) is 8.92. The normalized spacial score (nSPS) is 32.5. The minimum Gasteiger partial charge on any atom is -0.508 e. The summed E-state index contributed by atoms with van der Waals surface area (Å²) in [6, 6.07) is 9.57. The fraction of sp³-hybridized carbons (Fsp3) is 0.379. The predicted molar refractivity (Wildman–Crippen MR) is 153 cm³/mol. The number of hydrogen-bond acceptors (Lipinski definition) is 7. The molecule has 2 aromatic rings. The van der Waals surface area contributed by atoms with Crippen LogP contribution in [0.5, 0.6) is 17.2 Å². The zero-order valence-electron chi connectivity index (χ0n) is 22.2. The molecule has 6 atom stereocenters. The summed E-state index contributed by atoms with van der Waals surface area (Å²) in [4.78, 5) is 53.3. The number of fused-ring (bicyclic) bond motifs is 4. The number of nitrogens with zero attached hydrogens (tertiary/aromatic N) is 2. The number of imide groups is 2. The number of halogens is 3. The van der Waals surface area contributed by atoms with Gasteiger partial charge >= 0.3 is 0 Å². The Hall–Kier alpha value is -3.08. The third kappa shape index (κ3) is 3.59. The number of carbonyl (C=O) groups is 4. The van der Waals surface area contributed by atoms with Gasteiger partial charge in [0.25, 0.3) is 11.8 Å². The van der Waals surface area contributed by atoms with Crippen LogP contribution < -0.4 is 14.4 Å². The van der Waals surface area contributed by atoms with Crippen molar-refractivity contribution in [2.24, 2.45) is 17.8 Å². The number of ether oxygens (including phenoxy) is 2. The number of phenolic OH excluding ortho intramolecular Hbond substituents is 1. The van der Waals surface area contributed by atoms with Crippen LogP contribution in [-0.2, 0) is 19.2 Å². The number of amides is 4. The van der Waals surface area contributed by atoms with Crippen LogP contribution in [0.25, 0.3) is 0 Å². The first-order valence-corrected chi connectivity index (χ1v) is 14.4. The zero-order valence-corrected chi connectivity index (χ0v) is 25.3. The van der Waals surface area contributed by atoms with Gasteiger partial charge in [-0.15, -0.1) is 23.2 Å². The lowest BCUT2D eigenvalue weighted by molar-refractivity contribution is -0.138. The first-order valence-electron chi connectivity index (χ1n) is 12.9. The molecule has 0 bridgehead atoms. The largest absolute Gasteiger partial charge is 0.508 e. The molecule has 3 fully saturated rings. The molecule has 1 N–H and O–H groups in total. The summed E-state index contributed by atoms with van der Waals surface area (Å²) in [7, 11) is 4.10. The highest BCUT2D eigenvalue weighted by molar-refractivity contribution is 9.10. The Morgan fingerprint density at radius 3 is 2.15 bits per heavy atom. The smallest absolute Gasteiger partial charge is 0.253 e. The number of methoxy groups -OCH3 is 2. The van der Waals surface area contributed by atoms with Crippen LogP contribution in [0.1, 0.15) is 24.3 Å². The van der Waals surface area contributed by atoms with E-state index in [1.165, 1.54) is 38.3 Å². The highest BCUT2D eigenvalue weighted by Gasteiger charge is 2.76. The number of aromatic hydroxyl groups is 1. The van der Waals surface area contributed by atoms with Crippen molar-refractivity contribution >= 4 is 68.4 Å². The van der Waals surface area contributed by atoms with Crippen molar-refractivity contribution in [2.75, 3.05) is 26.2 Å². The van der Waals surface area contributed by atoms with Gasteiger partial charge in [-0.05, 0) is 43.0 Å². The van der Waals surface area contributed by atoms with E-state index in [0.29, 0.717) is 16.8 Å². The van der Waals surface area contributed by atoms with Crippen molar-refractivity contribution < 1.29 is 33.8 Å². The molecule has 2 heterocycles. The van der Waals surface area contributed by atoms with Gasteiger partial charge in [-0.1, -0.05) is 27.6 Å². The quantitative estimate of drug-likeness (QED) is 0.294. The molecule has 6 rings (SSSR count). The van der Waals surface area contributed by atoms with Gasteiger partial charge in [0.15, 0.2) is 9.75 Å². The van der Waals surface area contributed by atoms with Gasteiger partial charge in [0.1, 0.15) is 17.2 Å². The van der Waals surface area contributed by atoms with Crippen LogP contribution in [-0.4, -0.2) is 64.7 Å². The lowest BCUT2D eigenvalue weighted by Crippen LogP contribution is -2.60. The second kappa shape index (κ2) is 9.47. The summed E-state index contributed by atoms with van der Waals surface area (Å²) in [5, 5.41) is 10.3. The summed E-state index contributed by atoms with van der Waals surface area (Å²) in [6.07, 6.45) is 1.91. The Bertz CT molecular complexity index is 1540. The van der Waals surface area contributed by atoms with Crippen LogP contribution in [0, 0.1) is 17.8 Å². The molecule has 0 aromatic heterocycles. The van der Waals surface area contributed by atoms with E-state index >= 15 is 0 Å². The second-order valence-electron chi connectivity index (χ2n) is 10.8. The summed E-state index contributed by atoms with van der Waals surface area (Å²) < 4.78 is 12.0. The van der Waals surface area contributed by atoms with Crippen molar-refractivity contribution in [1.82, 2.24) is 4.90 Å². The molecular formula is C29H25BrCl2N2O7. The molecular weight excluding hydrogens is 639 g/mol. The monoisotopic (exact) mass is 662 g/mol. The lowest BCUT2D eigenvalue weighted by Gasteiger charge is -2.51. The minimum atomic E-state index is -2.01. The zero-order chi connectivity index (χ0) is 29.6. The van der Waals surface area contributed by atoms with E-state index in [2.05, 4.69) is 15.9 Å². The van der Waals surface area contributed by atoms with Crippen LogP contribution in [0.2, 0.25) is 0 Å². The maximum atomic E-state index is 14.1. The van der Waals surface area contributed by atoms with Gasteiger partial charge in [0.05, 0.1) is 31.7 Å². The summed E-state index contributed by atoms with van der Waals surface area (Å²) in [6.45, 7) is 0. The Morgan fingerprint density at radius 1 is 0.951 bits per heavy atom. The van der Waals surface area contributed by atoms with Gasteiger partial charge in [-0.2, -0.15) is 0 Å². The summed E-state index contributed by atoms with van der Waals surface area (Å²) in [5.41, 5.74) is 1.34. The number of carbonyl (C=O) groups excluding carboxylic acids is 4. The number of hydrogen-bond donors (Lipinski definition) is 1. The first-order chi connectivity index (χ1) is 19.4. The Labute approximate surface area is 254 Å². The molecule has 12 heteroatoms. The molecule has 4 amide bonds. The number of benzene rings is 2. The highest BCUT2D eigenvalue weighted by atomic mass is 79.9. The maximum absolute atomic E-state index is 14.1. The van der Waals surface area contributed by atoms with Crippen molar-refractivity contribution in [3.05, 3.63) is 58.1 Å². The van der Waals surface area contributed by atoms with Crippen molar-refractivity contribution in [3.8, 4) is 17.2 Å². The van der Waals surface area contributed by atoms with E-state index in [-0.39, 0.29) is 36.0 Å². The fourth-order valence-corrected chi connectivity index (χ4v) is 8.38. The second-order valence-corrected chi connectivity index (χ2v) is 12.9. The Balaban J connectivity index is 1.57. The molecule has 2 aliphatic carbocycles. The Kier molecular flexibility index (Phi) is 6.48. The minimum absolute atomic E-state index is 0.133. The van der Waals surface area contributed by atoms with E-state index in [0.717, 1.165) is 9.37 Å². The molecule has 2 aliphatic heterocycles. The molecule has 2 aromatic carbocycles. The fourth-order valence-electron chi connectivity index (χ4n) is 7.12. The number of allylic oxidation sites excluding steroid dienone is 2. The average Bonchev–Trinajstić information content (AvgIpc) is 3.28. The first kappa shape index (κ1) is 28.1. The molecule has 0 spiro atoms. The summed E-state index contributed by atoms with van der Waals surface area (Å²) in [5.74, 6) is -5.28. The lowest BCUT2D eigenvalue weighted by atomic mass is 9.56. The van der Waals surface area contributed by atoms with Crippen molar-refractivity contribution in [3.63, 3.8) is 0 Å². The van der Waals surface area contributed by atoms with E-state index in [1.54, 1.807) is 24.3 Å². The molecule has 214 valence electrons. The Morgan fingerprint density at radius 2 is 1.56 bits per heavy atom. The predicted octanol–water partition coefficient (Wildman–Crippen LogP) is 4.37. The highest BCUT2D eigenvalue weighted by Crippen LogP contribution is 2.67. The van der Waals surface area contributed by atoms with Gasteiger partial charge < -0.3 is 14.6 Å². The number of alkyl halides is 2. The summed E-state index contributed by atoms with van der Waals surface area (Å²) >= 11 is 17.8. The average molecular weight is 664 g/mol. The number of phenols is 1. The SMILES string of the molecule is COc1cc(O)cc(OC)c1C1C2=CCC3C(=O)N(c4ccc(Br)cc4)C(=O)C3C2CC2(Cl)C(=O)N(C)C(=O)C12Cl. The van der Waals surface area contributed by atoms with Crippen LogP contribution in [0.4, 0.5) is 5.69 Å². The van der Waals surface area contributed by atoms with E-state index in [1.807, 2.05) is 6.08 Å². The van der Waals surface area contributed by atoms with E-state index in [9.17, 15) is 24.3 Å².